The maximum absolute atomic E-state index is 4.22. The first-order valence-electron chi connectivity index (χ1n) is 4.57. The van der Waals surface area contributed by atoms with E-state index in [1.165, 1.54) is 0 Å². The van der Waals surface area contributed by atoms with Crippen LogP contribution in [0.4, 0.5) is 5.69 Å². The molecule has 0 saturated heterocycles. The molecule has 1 N–H and O–H groups in total. The average molecular weight is 284 g/mol. The second-order valence-electron chi connectivity index (χ2n) is 3.01. The van der Waals surface area contributed by atoms with Gasteiger partial charge in [0.1, 0.15) is 0 Å². The Hall–Kier alpha value is -0.940. The molecule has 15 heavy (non-hydrogen) atoms. The van der Waals surface area contributed by atoms with Crippen LogP contribution >= 0.6 is 27.3 Å². The van der Waals surface area contributed by atoms with Gasteiger partial charge in [0.25, 0.3) is 0 Å². The summed E-state index contributed by atoms with van der Waals surface area (Å²) in [7, 11) is 0. The first-order chi connectivity index (χ1) is 7.36. The van der Waals surface area contributed by atoms with Crippen LogP contribution < -0.4 is 5.32 Å². The highest BCUT2D eigenvalue weighted by Crippen LogP contribution is 2.19. The van der Waals surface area contributed by atoms with Crippen LogP contribution in [-0.2, 0) is 6.42 Å². The standard InChI is InChI=1S/C10H10BrN3S/c11-9-5-12-3-2-10(9)13-4-1-8-6-15-7-14-8/h2-3,5-7H,1,4H2,(H,12,13). The fourth-order valence-corrected chi connectivity index (χ4v) is 2.19. The average Bonchev–Trinajstić information content (AvgIpc) is 2.74. The van der Waals surface area contributed by atoms with Crippen molar-refractivity contribution in [2.75, 3.05) is 11.9 Å². The molecule has 2 aromatic rings. The Morgan fingerprint density at radius 1 is 1.47 bits per heavy atom. The van der Waals surface area contributed by atoms with Crippen LogP contribution in [0.3, 0.4) is 0 Å². The lowest BCUT2D eigenvalue weighted by Gasteiger charge is -2.06. The van der Waals surface area contributed by atoms with Gasteiger partial charge >= 0.3 is 0 Å². The minimum Gasteiger partial charge on any atom is -0.384 e. The molecular formula is C10H10BrN3S. The number of rotatable bonds is 4. The van der Waals surface area contributed by atoms with E-state index in [1.807, 2.05) is 11.6 Å². The summed E-state index contributed by atoms with van der Waals surface area (Å²) in [5.41, 5.74) is 4.07. The second kappa shape index (κ2) is 5.23. The normalized spacial score (nSPS) is 10.2. The SMILES string of the molecule is Brc1cnccc1NCCc1cscn1. The fraction of sp³-hybridized carbons (Fsp3) is 0.200. The summed E-state index contributed by atoms with van der Waals surface area (Å²) in [5.74, 6) is 0. The lowest BCUT2D eigenvalue weighted by atomic mass is 10.3. The molecular weight excluding hydrogens is 274 g/mol. The smallest absolute Gasteiger partial charge is 0.0794 e. The summed E-state index contributed by atoms with van der Waals surface area (Å²) in [6.45, 7) is 0.881. The zero-order chi connectivity index (χ0) is 10.5. The maximum atomic E-state index is 4.22. The largest absolute Gasteiger partial charge is 0.384 e. The van der Waals surface area contributed by atoms with Crippen LogP contribution in [0.15, 0.2) is 33.8 Å². The van der Waals surface area contributed by atoms with E-state index in [9.17, 15) is 0 Å². The topological polar surface area (TPSA) is 37.8 Å². The summed E-state index contributed by atoms with van der Waals surface area (Å²) in [4.78, 5) is 8.23. The lowest BCUT2D eigenvalue weighted by Crippen LogP contribution is -2.05. The molecule has 0 fully saturated rings. The molecule has 0 aliphatic rings. The van der Waals surface area contributed by atoms with Crippen molar-refractivity contribution in [2.24, 2.45) is 0 Å². The van der Waals surface area contributed by atoms with Crippen molar-refractivity contribution in [3.05, 3.63) is 39.5 Å². The Labute approximate surface area is 101 Å². The molecule has 78 valence electrons. The number of anilines is 1. The van der Waals surface area contributed by atoms with Gasteiger partial charge in [0.15, 0.2) is 0 Å². The van der Waals surface area contributed by atoms with Gasteiger partial charge in [0, 0.05) is 30.7 Å². The first-order valence-corrected chi connectivity index (χ1v) is 6.30. The summed E-state index contributed by atoms with van der Waals surface area (Å²) >= 11 is 5.07. The third-order valence-electron chi connectivity index (χ3n) is 1.95. The molecule has 2 aromatic heterocycles. The van der Waals surface area contributed by atoms with E-state index >= 15 is 0 Å². The number of nitrogens with zero attached hydrogens (tertiary/aromatic N) is 2. The maximum Gasteiger partial charge on any atom is 0.0794 e. The van der Waals surface area contributed by atoms with Gasteiger partial charge in [0.05, 0.1) is 21.4 Å². The van der Waals surface area contributed by atoms with Gasteiger partial charge in [-0.3, -0.25) is 4.98 Å². The minimum absolute atomic E-state index is 0.881. The van der Waals surface area contributed by atoms with Crippen molar-refractivity contribution in [3.63, 3.8) is 0 Å². The van der Waals surface area contributed by atoms with Crippen LogP contribution in [0.2, 0.25) is 0 Å². The van der Waals surface area contributed by atoms with Crippen LogP contribution in [0.1, 0.15) is 5.69 Å². The van der Waals surface area contributed by atoms with Crippen LogP contribution in [-0.4, -0.2) is 16.5 Å². The van der Waals surface area contributed by atoms with Crippen molar-refractivity contribution in [2.45, 2.75) is 6.42 Å². The highest BCUT2D eigenvalue weighted by molar-refractivity contribution is 9.10. The minimum atomic E-state index is 0.881. The van der Waals surface area contributed by atoms with Gasteiger partial charge < -0.3 is 5.32 Å². The van der Waals surface area contributed by atoms with E-state index < -0.39 is 0 Å². The van der Waals surface area contributed by atoms with Crippen LogP contribution in [0, 0.1) is 0 Å². The third-order valence-corrected chi connectivity index (χ3v) is 3.22. The van der Waals surface area contributed by atoms with Gasteiger partial charge in [-0.25, -0.2) is 4.98 Å². The first kappa shape index (κ1) is 10.6. The van der Waals surface area contributed by atoms with Gasteiger partial charge in [-0.2, -0.15) is 0 Å². The molecule has 0 aliphatic carbocycles. The molecule has 3 nitrogen and oxygen atoms in total. The summed E-state index contributed by atoms with van der Waals surface area (Å²) in [6.07, 6.45) is 4.50. The molecule has 2 rings (SSSR count). The van der Waals surface area contributed by atoms with Gasteiger partial charge in [-0.1, -0.05) is 0 Å². The van der Waals surface area contributed by atoms with Crippen molar-refractivity contribution in [3.8, 4) is 0 Å². The van der Waals surface area contributed by atoms with E-state index in [2.05, 4.69) is 36.6 Å². The third kappa shape index (κ3) is 3.00. The van der Waals surface area contributed by atoms with Crippen molar-refractivity contribution in [1.29, 1.82) is 0 Å². The Bertz CT molecular complexity index is 416. The Morgan fingerprint density at radius 2 is 2.40 bits per heavy atom. The predicted molar refractivity (Wildman–Crippen MR) is 66.2 cm³/mol. The number of hydrogen-bond donors (Lipinski definition) is 1. The number of halogens is 1. The quantitative estimate of drug-likeness (QED) is 0.938. The highest BCUT2D eigenvalue weighted by Gasteiger charge is 1.98. The number of hydrogen-bond acceptors (Lipinski definition) is 4. The van der Waals surface area contributed by atoms with Crippen molar-refractivity contribution < 1.29 is 0 Å². The van der Waals surface area contributed by atoms with E-state index in [1.54, 1.807) is 23.7 Å². The number of nitrogens with one attached hydrogen (secondary N) is 1. The molecule has 0 atom stereocenters. The van der Waals surface area contributed by atoms with Crippen molar-refractivity contribution >= 4 is 33.0 Å². The zero-order valence-electron chi connectivity index (χ0n) is 7.98. The van der Waals surface area contributed by atoms with Crippen LogP contribution in [0.25, 0.3) is 0 Å². The Balaban J connectivity index is 1.86. The van der Waals surface area contributed by atoms with E-state index in [0.717, 1.165) is 28.8 Å². The van der Waals surface area contributed by atoms with Gasteiger partial charge in [0.2, 0.25) is 0 Å². The molecule has 0 unspecified atom stereocenters. The fourth-order valence-electron chi connectivity index (χ4n) is 1.20. The molecule has 2 heterocycles. The lowest BCUT2D eigenvalue weighted by molar-refractivity contribution is 0.975. The summed E-state index contributed by atoms with van der Waals surface area (Å²) in [6, 6.07) is 1.95. The monoisotopic (exact) mass is 283 g/mol. The number of pyridine rings is 1. The Kier molecular flexibility index (Phi) is 3.69. The van der Waals surface area contributed by atoms with Gasteiger partial charge in [-0.15, -0.1) is 11.3 Å². The molecule has 0 spiro atoms. The molecule has 0 aromatic carbocycles. The molecule has 0 aliphatic heterocycles. The van der Waals surface area contributed by atoms with Crippen molar-refractivity contribution in [1.82, 2.24) is 9.97 Å². The number of aromatic nitrogens is 2. The predicted octanol–water partition coefficient (Wildman–Crippen LogP) is 2.96. The molecule has 0 amide bonds. The summed E-state index contributed by atoms with van der Waals surface area (Å²) in [5, 5.41) is 5.40. The molecule has 0 radical (unpaired) electrons. The highest BCUT2D eigenvalue weighted by atomic mass is 79.9. The second-order valence-corrected chi connectivity index (χ2v) is 4.59. The molecule has 0 bridgehead atoms. The Morgan fingerprint density at radius 3 is 3.13 bits per heavy atom. The summed E-state index contributed by atoms with van der Waals surface area (Å²) < 4.78 is 0.989. The zero-order valence-corrected chi connectivity index (χ0v) is 10.4. The number of thiazole rings is 1. The molecule has 0 saturated carbocycles. The van der Waals surface area contributed by atoms with Gasteiger partial charge in [-0.05, 0) is 22.0 Å². The molecule has 5 heteroatoms. The van der Waals surface area contributed by atoms with E-state index in [4.69, 9.17) is 0 Å². The van der Waals surface area contributed by atoms with E-state index in [-0.39, 0.29) is 0 Å². The van der Waals surface area contributed by atoms with E-state index in [0.29, 0.717) is 0 Å². The van der Waals surface area contributed by atoms with Crippen LogP contribution in [0.5, 0.6) is 0 Å².